The van der Waals surface area contributed by atoms with Crippen LogP contribution in [0.4, 0.5) is 11.4 Å². The molecular weight excluding hydrogens is 402 g/mol. The first-order chi connectivity index (χ1) is 14.8. The highest BCUT2D eigenvalue weighted by Gasteiger charge is 2.17. The zero-order valence-corrected chi connectivity index (χ0v) is 18.1. The molecule has 2 aromatic carbocycles. The van der Waals surface area contributed by atoms with Crippen molar-refractivity contribution in [1.82, 2.24) is 4.90 Å². The van der Waals surface area contributed by atoms with Gasteiger partial charge in [-0.05, 0) is 42.0 Å². The van der Waals surface area contributed by atoms with Gasteiger partial charge in [-0.25, -0.2) is 0 Å². The number of carbonyl (C=O) groups excluding carboxylic acids is 3. The number of nitrogens with one attached hydrogen (secondary N) is 2. The van der Waals surface area contributed by atoms with Gasteiger partial charge in [0.05, 0.1) is 34.4 Å². The van der Waals surface area contributed by atoms with Gasteiger partial charge in [0.1, 0.15) is 11.5 Å². The highest BCUT2D eigenvalue weighted by molar-refractivity contribution is 5.93. The van der Waals surface area contributed by atoms with Gasteiger partial charge in [-0.3, -0.25) is 19.3 Å². The number of amides is 2. The Kier molecular flexibility index (Phi) is 8.83. The standard InChI is InChI=1S/C22H27N3O6/c1-15(26)23-17-5-7-18(8-6-17)24-21(27)13-25(14-22(28)31-4)12-16-9-19(29-2)11-20(10-16)30-3/h5-11H,12-14H2,1-4H3,(H,23,26)(H,24,27). The Bertz CT molecular complexity index is 892. The van der Waals surface area contributed by atoms with Crippen LogP contribution < -0.4 is 20.1 Å². The van der Waals surface area contributed by atoms with Crippen LogP contribution in [-0.4, -0.2) is 57.1 Å². The van der Waals surface area contributed by atoms with E-state index in [-0.39, 0.29) is 24.9 Å². The molecule has 0 saturated heterocycles. The Morgan fingerprint density at radius 2 is 1.39 bits per heavy atom. The lowest BCUT2D eigenvalue weighted by Crippen LogP contribution is -2.37. The van der Waals surface area contributed by atoms with Crippen molar-refractivity contribution in [2.45, 2.75) is 13.5 Å². The Morgan fingerprint density at radius 3 is 1.87 bits per heavy atom. The van der Waals surface area contributed by atoms with Gasteiger partial charge in [0, 0.05) is 30.9 Å². The van der Waals surface area contributed by atoms with E-state index in [2.05, 4.69) is 10.6 Å². The van der Waals surface area contributed by atoms with E-state index in [4.69, 9.17) is 14.2 Å². The Balaban J connectivity index is 2.08. The SMILES string of the molecule is COC(=O)CN(CC(=O)Nc1ccc(NC(C)=O)cc1)Cc1cc(OC)cc(OC)c1. The normalized spacial score (nSPS) is 10.4. The molecule has 0 saturated carbocycles. The Hall–Kier alpha value is -3.59. The maximum absolute atomic E-state index is 12.6. The molecule has 31 heavy (non-hydrogen) atoms. The third-order valence-corrected chi connectivity index (χ3v) is 4.25. The van der Waals surface area contributed by atoms with Crippen LogP contribution in [0.2, 0.25) is 0 Å². The van der Waals surface area contributed by atoms with Crippen LogP contribution >= 0.6 is 0 Å². The monoisotopic (exact) mass is 429 g/mol. The molecule has 166 valence electrons. The first-order valence-corrected chi connectivity index (χ1v) is 9.51. The Labute approximate surface area is 181 Å². The molecule has 9 heteroatoms. The third-order valence-electron chi connectivity index (χ3n) is 4.25. The van der Waals surface area contributed by atoms with E-state index < -0.39 is 5.97 Å². The van der Waals surface area contributed by atoms with Crippen LogP contribution in [0.3, 0.4) is 0 Å². The van der Waals surface area contributed by atoms with E-state index in [1.165, 1.54) is 14.0 Å². The largest absolute Gasteiger partial charge is 0.497 e. The van der Waals surface area contributed by atoms with Gasteiger partial charge in [0.25, 0.3) is 0 Å². The number of carbonyl (C=O) groups is 3. The summed E-state index contributed by atoms with van der Waals surface area (Å²) in [6.45, 7) is 1.62. The van der Waals surface area contributed by atoms with E-state index in [1.807, 2.05) is 12.1 Å². The number of benzene rings is 2. The van der Waals surface area contributed by atoms with Gasteiger partial charge >= 0.3 is 5.97 Å². The van der Waals surface area contributed by atoms with Crippen molar-refractivity contribution in [2.75, 3.05) is 45.1 Å². The summed E-state index contributed by atoms with van der Waals surface area (Å²) in [6, 6.07) is 12.1. The molecule has 2 rings (SSSR count). The van der Waals surface area contributed by atoms with Gasteiger partial charge in [-0.15, -0.1) is 0 Å². The van der Waals surface area contributed by atoms with E-state index >= 15 is 0 Å². The second-order valence-corrected chi connectivity index (χ2v) is 6.75. The van der Waals surface area contributed by atoms with Crippen LogP contribution in [0.1, 0.15) is 12.5 Å². The molecule has 2 amide bonds. The average molecular weight is 429 g/mol. The molecule has 0 aliphatic rings. The number of methoxy groups -OCH3 is 3. The fourth-order valence-corrected chi connectivity index (χ4v) is 2.87. The predicted octanol–water partition coefficient (Wildman–Crippen LogP) is 2.28. The quantitative estimate of drug-likeness (QED) is 0.558. The summed E-state index contributed by atoms with van der Waals surface area (Å²) in [5.41, 5.74) is 2.01. The summed E-state index contributed by atoms with van der Waals surface area (Å²) in [5.74, 6) is 0.282. The minimum atomic E-state index is -0.456. The molecule has 0 spiro atoms. The molecule has 2 N–H and O–H groups in total. The molecule has 0 atom stereocenters. The van der Waals surface area contributed by atoms with Gasteiger partial charge < -0.3 is 24.8 Å². The Morgan fingerprint density at radius 1 is 0.839 bits per heavy atom. The lowest BCUT2D eigenvalue weighted by Gasteiger charge is -2.21. The molecule has 9 nitrogen and oxygen atoms in total. The summed E-state index contributed by atoms with van der Waals surface area (Å²) in [5, 5.41) is 5.44. The number of hydrogen-bond donors (Lipinski definition) is 2. The third kappa shape index (κ3) is 7.98. The molecule has 0 heterocycles. The van der Waals surface area contributed by atoms with Crippen molar-refractivity contribution in [3.05, 3.63) is 48.0 Å². The van der Waals surface area contributed by atoms with E-state index in [0.717, 1.165) is 5.56 Å². The minimum absolute atomic E-state index is 0.0396. The zero-order chi connectivity index (χ0) is 22.8. The first-order valence-electron chi connectivity index (χ1n) is 9.51. The lowest BCUT2D eigenvalue weighted by atomic mass is 10.2. The van der Waals surface area contributed by atoms with Gasteiger partial charge in [-0.2, -0.15) is 0 Å². The second kappa shape index (κ2) is 11.6. The average Bonchev–Trinajstić information content (AvgIpc) is 2.74. The van der Waals surface area contributed by atoms with Crippen LogP contribution in [0, 0.1) is 0 Å². The van der Waals surface area contributed by atoms with Crippen molar-refractivity contribution >= 4 is 29.2 Å². The van der Waals surface area contributed by atoms with E-state index in [9.17, 15) is 14.4 Å². The number of anilines is 2. The molecule has 0 aromatic heterocycles. The smallest absolute Gasteiger partial charge is 0.319 e. The molecule has 0 unspecified atom stereocenters. The number of esters is 1. The van der Waals surface area contributed by atoms with Crippen molar-refractivity contribution in [3.63, 3.8) is 0 Å². The molecule has 0 radical (unpaired) electrons. The lowest BCUT2D eigenvalue weighted by molar-refractivity contribution is -0.142. The number of ether oxygens (including phenoxy) is 3. The molecule has 0 aliphatic carbocycles. The number of rotatable bonds is 10. The number of hydrogen-bond acceptors (Lipinski definition) is 7. The molecule has 2 aromatic rings. The second-order valence-electron chi connectivity index (χ2n) is 6.75. The van der Waals surface area contributed by atoms with Crippen molar-refractivity contribution in [1.29, 1.82) is 0 Å². The van der Waals surface area contributed by atoms with Gasteiger partial charge in [0.2, 0.25) is 11.8 Å². The first kappa shape index (κ1) is 23.7. The summed E-state index contributed by atoms with van der Waals surface area (Å²) >= 11 is 0. The van der Waals surface area contributed by atoms with Crippen LogP contribution in [0.5, 0.6) is 11.5 Å². The fourth-order valence-electron chi connectivity index (χ4n) is 2.87. The van der Waals surface area contributed by atoms with Gasteiger partial charge in [0.15, 0.2) is 0 Å². The van der Waals surface area contributed by atoms with Crippen molar-refractivity contribution in [3.8, 4) is 11.5 Å². The predicted molar refractivity (Wildman–Crippen MR) is 116 cm³/mol. The van der Waals surface area contributed by atoms with Crippen LogP contribution in [-0.2, 0) is 25.7 Å². The number of nitrogens with zero attached hydrogens (tertiary/aromatic N) is 1. The van der Waals surface area contributed by atoms with Crippen molar-refractivity contribution < 1.29 is 28.6 Å². The summed E-state index contributed by atoms with van der Waals surface area (Å²) in [6.07, 6.45) is 0. The summed E-state index contributed by atoms with van der Waals surface area (Å²) in [7, 11) is 4.40. The fraction of sp³-hybridized carbons (Fsp3) is 0.318. The topological polar surface area (TPSA) is 106 Å². The highest BCUT2D eigenvalue weighted by atomic mass is 16.5. The maximum atomic E-state index is 12.6. The van der Waals surface area contributed by atoms with Crippen molar-refractivity contribution in [2.24, 2.45) is 0 Å². The highest BCUT2D eigenvalue weighted by Crippen LogP contribution is 2.23. The molecular formula is C22H27N3O6. The zero-order valence-electron chi connectivity index (χ0n) is 18.1. The van der Waals surface area contributed by atoms with Crippen LogP contribution in [0.15, 0.2) is 42.5 Å². The van der Waals surface area contributed by atoms with Gasteiger partial charge in [-0.1, -0.05) is 0 Å². The molecule has 0 fully saturated rings. The van der Waals surface area contributed by atoms with E-state index in [0.29, 0.717) is 29.4 Å². The van der Waals surface area contributed by atoms with Crippen LogP contribution in [0.25, 0.3) is 0 Å². The summed E-state index contributed by atoms with van der Waals surface area (Å²) < 4.78 is 15.3. The summed E-state index contributed by atoms with van der Waals surface area (Å²) in [4.78, 5) is 37.2. The maximum Gasteiger partial charge on any atom is 0.319 e. The van der Waals surface area contributed by atoms with E-state index in [1.54, 1.807) is 49.5 Å². The molecule has 0 bridgehead atoms. The minimum Gasteiger partial charge on any atom is -0.497 e. The molecule has 0 aliphatic heterocycles.